The molecule has 0 aromatic heterocycles. The highest BCUT2D eigenvalue weighted by Crippen LogP contribution is 2.51. The minimum Gasteiger partial charge on any atom is -0.508 e. The molecule has 0 unspecified atom stereocenters. The Bertz CT molecular complexity index is 1260. The van der Waals surface area contributed by atoms with E-state index in [2.05, 4.69) is 4.90 Å². The first-order valence-corrected chi connectivity index (χ1v) is 12.3. The Labute approximate surface area is 205 Å². The van der Waals surface area contributed by atoms with Gasteiger partial charge in [-0.1, -0.05) is 18.6 Å². The molecule has 3 aromatic rings. The van der Waals surface area contributed by atoms with Crippen molar-refractivity contribution in [2.24, 2.45) is 0 Å². The maximum absolute atomic E-state index is 10.1. The number of aromatic hydroxyl groups is 2. The third-order valence-electron chi connectivity index (χ3n) is 7.06. The predicted octanol–water partition coefficient (Wildman–Crippen LogP) is 5.40. The highest BCUT2D eigenvalue weighted by Gasteiger charge is 2.35. The fourth-order valence-corrected chi connectivity index (χ4v) is 5.26. The molecule has 6 rings (SSSR count). The number of phenols is 2. The smallest absolute Gasteiger partial charge is 0.150 e. The Kier molecular flexibility index (Phi) is 5.74. The van der Waals surface area contributed by atoms with Gasteiger partial charge < -0.3 is 24.4 Å². The molecular weight excluding hydrogens is 442 g/mol. The zero-order chi connectivity index (χ0) is 23.8. The first kappa shape index (κ1) is 21.9. The fourth-order valence-electron chi connectivity index (χ4n) is 5.26. The summed E-state index contributed by atoms with van der Waals surface area (Å²) in [4.78, 5) is 2.47. The number of piperidine rings is 1. The summed E-state index contributed by atoms with van der Waals surface area (Å²) in [5.41, 5.74) is 4.83. The lowest BCUT2D eigenvalue weighted by molar-refractivity contribution is 0.183. The Hall–Kier alpha value is -3.64. The summed E-state index contributed by atoms with van der Waals surface area (Å²) >= 11 is 0. The Morgan fingerprint density at radius 2 is 1.54 bits per heavy atom. The van der Waals surface area contributed by atoms with E-state index in [1.165, 1.54) is 32.4 Å². The van der Waals surface area contributed by atoms with Crippen LogP contribution in [0.25, 0.3) is 11.1 Å². The van der Waals surface area contributed by atoms with Crippen LogP contribution in [0, 0.1) is 0 Å². The number of likely N-dealkylation sites (tertiary alicyclic amines) is 1. The molecule has 3 heterocycles. The van der Waals surface area contributed by atoms with E-state index >= 15 is 0 Å². The highest BCUT2D eigenvalue weighted by molar-refractivity contribution is 5.99. The van der Waals surface area contributed by atoms with E-state index in [0.717, 1.165) is 40.1 Å². The molecule has 0 saturated carbocycles. The van der Waals surface area contributed by atoms with Crippen molar-refractivity contribution < 1.29 is 24.4 Å². The second-order valence-corrected chi connectivity index (χ2v) is 9.36. The van der Waals surface area contributed by atoms with Crippen molar-refractivity contribution in [1.29, 1.82) is 0 Å². The van der Waals surface area contributed by atoms with Gasteiger partial charge in [0.1, 0.15) is 42.0 Å². The van der Waals surface area contributed by atoms with Crippen molar-refractivity contribution in [2.75, 3.05) is 32.8 Å². The summed E-state index contributed by atoms with van der Waals surface area (Å²) in [5.74, 6) is 2.42. The van der Waals surface area contributed by atoms with E-state index in [4.69, 9.17) is 14.2 Å². The van der Waals surface area contributed by atoms with E-state index in [-0.39, 0.29) is 17.6 Å². The van der Waals surface area contributed by atoms with Gasteiger partial charge in [-0.3, -0.25) is 4.90 Å². The molecule has 0 bridgehead atoms. The Morgan fingerprint density at radius 3 is 2.31 bits per heavy atom. The van der Waals surface area contributed by atoms with E-state index in [1.54, 1.807) is 24.3 Å². The first-order chi connectivity index (χ1) is 17.2. The van der Waals surface area contributed by atoms with Gasteiger partial charge in [0, 0.05) is 41.0 Å². The van der Waals surface area contributed by atoms with Crippen LogP contribution in [0.3, 0.4) is 0 Å². The fraction of sp³-hybridized carbons (Fsp3) is 0.310. The van der Waals surface area contributed by atoms with Gasteiger partial charge in [-0.25, -0.2) is 0 Å². The molecule has 0 aliphatic carbocycles. The van der Waals surface area contributed by atoms with Crippen LogP contribution in [0.4, 0.5) is 0 Å². The number of ether oxygens (including phenoxy) is 3. The summed E-state index contributed by atoms with van der Waals surface area (Å²) in [6.07, 6.45) is 3.52. The molecular formula is C29H29NO5. The third-order valence-corrected chi connectivity index (χ3v) is 7.06. The van der Waals surface area contributed by atoms with Gasteiger partial charge in [-0.15, -0.1) is 0 Å². The normalized spacial score (nSPS) is 19.1. The van der Waals surface area contributed by atoms with Gasteiger partial charge in [0.25, 0.3) is 0 Å². The quantitative estimate of drug-likeness (QED) is 0.519. The largest absolute Gasteiger partial charge is 0.508 e. The number of nitrogens with zero attached hydrogens (tertiary/aromatic N) is 1. The summed E-state index contributed by atoms with van der Waals surface area (Å²) in [6, 6.07) is 18.4. The van der Waals surface area contributed by atoms with Gasteiger partial charge in [0.15, 0.2) is 6.10 Å². The zero-order valence-corrected chi connectivity index (χ0v) is 19.6. The van der Waals surface area contributed by atoms with Crippen LogP contribution in [0.2, 0.25) is 0 Å². The number of phenolic OH excluding ortho intramolecular Hbond substituents is 2. The van der Waals surface area contributed by atoms with Crippen LogP contribution in [-0.4, -0.2) is 48.0 Å². The molecule has 35 heavy (non-hydrogen) atoms. The Balaban J connectivity index is 1.29. The van der Waals surface area contributed by atoms with E-state index < -0.39 is 0 Å². The summed E-state index contributed by atoms with van der Waals surface area (Å²) in [6.45, 7) is 4.32. The van der Waals surface area contributed by atoms with E-state index in [1.807, 2.05) is 36.4 Å². The third kappa shape index (κ3) is 4.30. The number of fused-ring (bicyclic) bond motifs is 4. The molecule has 1 atom stereocenters. The average Bonchev–Trinajstić information content (AvgIpc) is 2.88. The maximum atomic E-state index is 10.1. The van der Waals surface area contributed by atoms with E-state index in [9.17, 15) is 10.2 Å². The minimum atomic E-state index is -0.381. The van der Waals surface area contributed by atoms with Crippen LogP contribution < -0.4 is 14.2 Å². The van der Waals surface area contributed by atoms with Crippen molar-refractivity contribution in [1.82, 2.24) is 4.90 Å². The Morgan fingerprint density at radius 1 is 0.829 bits per heavy atom. The van der Waals surface area contributed by atoms with Crippen LogP contribution in [-0.2, 0) is 0 Å². The first-order valence-electron chi connectivity index (χ1n) is 12.3. The van der Waals surface area contributed by atoms with Gasteiger partial charge in [-0.2, -0.15) is 0 Å². The van der Waals surface area contributed by atoms with Gasteiger partial charge in [0.05, 0.1) is 0 Å². The van der Waals surface area contributed by atoms with Crippen LogP contribution in [0.5, 0.6) is 28.7 Å². The molecule has 0 amide bonds. The molecule has 180 valence electrons. The van der Waals surface area contributed by atoms with Gasteiger partial charge in [0.2, 0.25) is 0 Å². The SMILES string of the molecule is Oc1ccc2c(c1)O[C@H](c1ccc(OCCN3CCCCC3)cc1)C1=C2COc2cc(O)ccc21. The number of hydrogen-bond donors (Lipinski definition) is 2. The number of benzene rings is 3. The molecule has 3 aliphatic heterocycles. The molecule has 1 fully saturated rings. The molecule has 6 nitrogen and oxygen atoms in total. The average molecular weight is 472 g/mol. The summed E-state index contributed by atoms with van der Waals surface area (Å²) < 4.78 is 18.5. The van der Waals surface area contributed by atoms with Crippen molar-refractivity contribution in [3.63, 3.8) is 0 Å². The van der Waals surface area contributed by atoms with Crippen molar-refractivity contribution in [3.05, 3.63) is 77.4 Å². The summed E-state index contributed by atoms with van der Waals surface area (Å²) in [7, 11) is 0. The monoisotopic (exact) mass is 471 g/mol. The topological polar surface area (TPSA) is 71.4 Å². The standard InChI is InChI=1S/C29H29NO5/c31-20-7-11-24-26(16-20)34-18-25-23-10-6-21(32)17-27(23)35-29(28(24)25)19-4-8-22(9-5-19)33-15-14-30-12-2-1-3-13-30/h4-11,16-17,29,31-32H,1-3,12-15,18H2/t29-/m1/s1. The lowest BCUT2D eigenvalue weighted by Gasteiger charge is -2.35. The molecule has 2 N–H and O–H groups in total. The number of rotatable bonds is 5. The second kappa shape index (κ2) is 9.19. The van der Waals surface area contributed by atoms with Gasteiger partial charge >= 0.3 is 0 Å². The predicted molar refractivity (Wildman–Crippen MR) is 134 cm³/mol. The number of hydrogen-bond acceptors (Lipinski definition) is 6. The van der Waals surface area contributed by atoms with Crippen molar-refractivity contribution in [3.8, 4) is 28.7 Å². The molecule has 0 spiro atoms. The zero-order valence-electron chi connectivity index (χ0n) is 19.6. The van der Waals surface area contributed by atoms with Crippen molar-refractivity contribution >= 4 is 11.1 Å². The van der Waals surface area contributed by atoms with E-state index in [0.29, 0.717) is 24.7 Å². The van der Waals surface area contributed by atoms with Crippen LogP contribution >= 0.6 is 0 Å². The maximum Gasteiger partial charge on any atom is 0.150 e. The summed E-state index contributed by atoms with van der Waals surface area (Å²) in [5, 5.41) is 20.0. The molecule has 3 aliphatic rings. The lowest BCUT2D eigenvalue weighted by Crippen LogP contribution is -2.33. The minimum absolute atomic E-state index is 0.158. The lowest BCUT2D eigenvalue weighted by atomic mass is 9.84. The van der Waals surface area contributed by atoms with Crippen LogP contribution in [0.15, 0.2) is 60.7 Å². The molecule has 1 saturated heterocycles. The van der Waals surface area contributed by atoms with Gasteiger partial charge in [-0.05, 0) is 67.9 Å². The molecule has 3 aromatic carbocycles. The molecule has 0 radical (unpaired) electrons. The van der Waals surface area contributed by atoms with Crippen molar-refractivity contribution in [2.45, 2.75) is 25.4 Å². The molecule has 6 heteroatoms. The second-order valence-electron chi connectivity index (χ2n) is 9.36. The van der Waals surface area contributed by atoms with Crippen LogP contribution in [0.1, 0.15) is 42.1 Å². The highest BCUT2D eigenvalue weighted by atomic mass is 16.5.